The minimum Gasteiger partial charge on any atom is -0.350 e. The van der Waals surface area contributed by atoms with Crippen molar-refractivity contribution in [3.8, 4) is 0 Å². The van der Waals surface area contributed by atoms with Crippen LogP contribution in [0.2, 0.25) is 5.02 Å². The molecule has 1 saturated carbocycles. The zero-order valence-electron chi connectivity index (χ0n) is 13.0. The molecule has 0 spiro atoms. The van der Waals surface area contributed by atoms with Gasteiger partial charge in [0, 0.05) is 16.8 Å². The van der Waals surface area contributed by atoms with E-state index in [4.69, 9.17) is 11.6 Å². The van der Waals surface area contributed by atoms with Gasteiger partial charge in [0.2, 0.25) is 10.0 Å². The lowest BCUT2D eigenvalue weighted by molar-refractivity contribution is 0.600. The van der Waals surface area contributed by atoms with Crippen LogP contribution in [0.4, 0.5) is 21.5 Å². The Morgan fingerprint density at radius 2 is 2.00 bits per heavy atom. The van der Waals surface area contributed by atoms with Crippen LogP contribution in [0.25, 0.3) is 0 Å². The van der Waals surface area contributed by atoms with E-state index in [9.17, 15) is 17.6 Å². The maximum atomic E-state index is 14.1. The Kier molecular flexibility index (Phi) is 5.00. The number of rotatable bonds is 5. The fourth-order valence-corrected chi connectivity index (χ4v) is 4.36. The summed E-state index contributed by atoms with van der Waals surface area (Å²) in [7, 11) is -2.12. The quantitative estimate of drug-likeness (QED) is 0.621. The minimum absolute atomic E-state index is 0.0223. The van der Waals surface area contributed by atoms with E-state index in [1.54, 1.807) is 6.07 Å². The molecule has 0 amide bonds. The number of nitrogens with zero attached hydrogens (tertiary/aromatic N) is 1. The maximum absolute atomic E-state index is 14.1. The molecule has 1 aliphatic rings. The van der Waals surface area contributed by atoms with Crippen molar-refractivity contribution in [2.75, 3.05) is 10.0 Å². The number of hydrogen-bond acceptors (Lipinski definition) is 4. The number of aromatic nitrogens is 1. The average Bonchev–Trinajstić information content (AvgIpc) is 3.36. The molecule has 134 valence electrons. The summed E-state index contributed by atoms with van der Waals surface area (Å²) in [6.45, 7) is 0. The lowest BCUT2D eigenvalue weighted by atomic mass is 10.2. The monoisotopic (exact) mass is 497 g/mol. The van der Waals surface area contributed by atoms with Crippen LogP contribution in [-0.4, -0.2) is 18.2 Å². The average molecular weight is 498 g/mol. The summed E-state index contributed by atoms with van der Waals surface area (Å²) in [6.07, 6.45) is 2.49. The maximum Gasteiger partial charge on any atom is 0.271 e. The number of aryl methyl sites for hydroxylation is 1. The van der Waals surface area contributed by atoms with Crippen molar-refractivity contribution in [1.29, 1.82) is 0 Å². The van der Waals surface area contributed by atoms with Crippen molar-refractivity contribution in [3.63, 3.8) is 0 Å². The third kappa shape index (κ3) is 3.93. The summed E-state index contributed by atoms with van der Waals surface area (Å²) in [5, 5.41) is 2.06. The van der Waals surface area contributed by atoms with E-state index in [2.05, 4.69) is 10.0 Å². The number of sulfonamides is 1. The molecule has 10 heteroatoms. The number of benzene rings is 1. The first-order chi connectivity index (χ1) is 11.7. The molecule has 3 rings (SSSR count). The molecule has 0 unspecified atom stereocenters. The van der Waals surface area contributed by atoms with Crippen molar-refractivity contribution < 1.29 is 12.8 Å². The Labute approximate surface area is 162 Å². The van der Waals surface area contributed by atoms with E-state index in [1.807, 2.05) is 22.6 Å². The van der Waals surface area contributed by atoms with Crippen LogP contribution in [0.1, 0.15) is 12.8 Å². The largest absolute Gasteiger partial charge is 0.350 e. The highest BCUT2D eigenvalue weighted by atomic mass is 127. The van der Waals surface area contributed by atoms with Gasteiger partial charge in [0.15, 0.2) is 0 Å². The second-order valence-corrected chi connectivity index (χ2v) is 9.33. The normalized spacial score (nSPS) is 14.4. The Morgan fingerprint density at radius 3 is 2.60 bits per heavy atom. The fraction of sp³-hybridized carbons (Fsp3) is 0.267. The zero-order valence-corrected chi connectivity index (χ0v) is 16.7. The van der Waals surface area contributed by atoms with Gasteiger partial charge in [-0.25, -0.2) is 12.8 Å². The molecular weight excluding hydrogens is 484 g/mol. The van der Waals surface area contributed by atoms with E-state index in [1.165, 1.54) is 29.9 Å². The molecule has 6 nitrogen and oxygen atoms in total. The van der Waals surface area contributed by atoms with Crippen LogP contribution >= 0.6 is 34.2 Å². The second-order valence-electron chi connectivity index (χ2n) is 5.74. The van der Waals surface area contributed by atoms with Gasteiger partial charge in [-0.1, -0.05) is 11.6 Å². The van der Waals surface area contributed by atoms with E-state index in [0.717, 1.165) is 0 Å². The van der Waals surface area contributed by atoms with Gasteiger partial charge in [-0.3, -0.25) is 9.52 Å². The molecule has 1 aromatic carbocycles. The van der Waals surface area contributed by atoms with E-state index >= 15 is 0 Å². The molecule has 1 aromatic heterocycles. The molecule has 2 aromatic rings. The molecular formula is C15H14ClFIN3O3S. The van der Waals surface area contributed by atoms with Gasteiger partial charge in [-0.05, 0) is 53.6 Å². The van der Waals surface area contributed by atoms with Crippen molar-refractivity contribution >= 4 is 61.3 Å². The van der Waals surface area contributed by atoms with Gasteiger partial charge >= 0.3 is 0 Å². The molecule has 1 heterocycles. The molecule has 2 N–H and O–H groups in total. The summed E-state index contributed by atoms with van der Waals surface area (Å²) < 4.78 is 42.9. The molecule has 0 saturated heterocycles. The van der Waals surface area contributed by atoms with Crippen LogP contribution in [0.3, 0.4) is 0 Å². The number of hydrogen-bond donors (Lipinski definition) is 2. The SMILES string of the molecule is Cn1cc(NS(=O)(=O)C2CC2)c(Nc2ccc(I)cc2F)c(Cl)c1=O. The number of anilines is 3. The van der Waals surface area contributed by atoms with Gasteiger partial charge in [0.05, 0.1) is 22.3 Å². The highest BCUT2D eigenvalue weighted by Crippen LogP contribution is 2.35. The zero-order chi connectivity index (χ0) is 18.4. The highest BCUT2D eigenvalue weighted by molar-refractivity contribution is 14.1. The van der Waals surface area contributed by atoms with Crippen LogP contribution < -0.4 is 15.6 Å². The van der Waals surface area contributed by atoms with Crippen LogP contribution in [0.5, 0.6) is 0 Å². The van der Waals surface area contributed by atoms with E-state index < -0.39 is 26.6 Å². The first kappa shape index (κ1) is 18.5. The Bertz CT molecular complexity index is 1010. The van der Waals surface area contributed by atoms with Gasteiger partial charge in [0.1, 0.15) is 10.8 Å². The highest BCUT2D eigenvalue weighted by Gasteiger charge is 2.36. The van der Waals surface area contributed by atoms with Crippen LogP contribution in [-0.2, 0) is 17.1 Å². The first-order valence-electron chi connectivity index (χ1n) is 7.32. The van der Waals surface area contributed by atoms with Gasteiger partial charge in [-0.15, -0.1) is 0 Å². The lowest BCUT2D eigenvalue weighted by Gasteiger charge is -2.17. The predicted molar refractivity (Wildman–Crippen MR) is 105 cm³/mol. The van der Waals surface area contributed by atoms with Gasteiger partial charge in [-0.2, -0.15) is 0 Å². The molecule has 0 aliphatic heterocycles. The van der Waals surface area contributed by atoms with Crippen LogP contribution in [0.15, 0.2) is 29.2 Å². The molecule has 0 radical (unpaired) electrons. The third-order valence-electron chi connectivity index (χ3n) is 3.73. The standard InChI is InChI=1S/C15H14ClFIN3O3S/c1-21-7-12(20-25(23,24)9-3-4-9)14(13(16)15(21)22)19-11-5-2-8(18)6-10(11)17/h2,5-7,9,19-20H,3-4H2,1H3. The number of halogens is 3. The van der Waals surface area contributed by atoms with Crippen LogP contribution in [0, 0.1) is 9.39 Å². The predicted octanol–water partition coefficient (Wildman–Crippen LogP) is 3.43. The smallest absolute Gasteiger partial charge is 0.271 e. The van der Waals surface area contributed by atoms with Crippen molar-refractivity contribution in [3.05, 3.63) is 49.2 Å². The molecule has 0 bridgehead atoms. The van der Waals surface area contributed by atoms with E-state index in [0.29, 0.717) is 16.4 Å². The molecule has 25 heavy (non-hydrogen) atoms. The van der Waals surface area contributed by atoms with Gasteiger partial charge in [0.25, 0.3) is 5.56 Å². The van der Waals surface area contributed by atoms with Gasteiger partial charge < -0.3 is 9.88 Å². The number of nitrogens with one attached hydrogen (secondary N) is 2. The Hall–Kier alpha value is -1.33. The van der Waals surface area contributed by atoms with Crippen molar-refractivity contribution in [2.24, 2.45) is 7.05 Å². The van der Waals surface area contributed by atoms with Crippen molar-refractivity contribution in [2.45, 2.75) is 18.1 Å². The minimum atomic E-state index is -3.58. The summed E-state index contributed by atoms with van der Waals surface area (Å²) in [5.41, 5.74) is -0.321. The topological polar surface area (TPSA) is 80.2 Å². The second kappa shape index (κ2) is 6.76. The summed E-state index contributed by atoms with van der Waals surface area (Å²) in [5.74, 6) is -0.542. The van der Waals surface area contributed by atoms with E-state index in [-0.39, 0.29) is 22.1 Å². The Morgan fingerprint density at radius 1 is 1.32 bits per heavy atom. The summed E-state index contributed by atoms with van der Waals surface area (Å²) >= 11 is 8.08. The van der Waals surface area contributed by atoms with Crippen molar-refractivity contribution in [1.82, 2.24) is 4.57 Å². The third-order valence-corrected chi connectivity index (χ3v) is 6.60. The number of pyridine rings is 1. The summed E-state index contributed by atoms with van der Waals surface area (Å²) in [6, 6.07) is 4.48. The fourth-order valence-electron chi connectivity index (χ4n) is 2.24. The molecule has 1 aliphatic carbocycles. The Balaban J connectivity index is 2.07. The summed E-state index contributed by atoms with van der Waals surface area (Å²) in [4.78, 5) is 12.1. The molecule has 1 fully saturated rings. The molecule has 0 atom stereocenters. The first-order valence-corrected chi connectivity index (χ1v) is 10.3. The lowest BCUT2D eigenvalue weighted by Crippen LogP contribution is -2.23.